The van der Waals surface area contributed by atoms with Gasteiger partial charge in [-0.3, -0.25) is 4.79 Å². The van der Waals surface area contributed by atoms with E-state index >= 15 is 0 Å². The summed E-state index contributed by atoms with van der Waals surface area (Å²) in [5.74, 6) is 1.32. The molecule has 0 aliphatic heterocycles. The van der Waals surface area contributed by atoms with Crippen LogP contribution in [0.1, 0.15) is 28.1 Å². The molecule has 41 heavy (non-hydrogen) atoms. The Bertz CT molecular complexity index is 1930. The largest absolute Gasteiger partial charge is 0.489 e. The van der Waals surface area contributed by atoms with E-state index in [1.165, 1.54) is 10.2 Å². The Hall–Kier alpha value is -5.23. The predicted octanol–water partition coefficient (Wildman–Crippen LogP) is 7.24. The highest BCUT2D eigenvalue weighted by Crippen LogP contribution is 2.24. The van der Waals surface area contributed by atoms with Crippen LogP contribution in [0.5, 0.6) is 5.75 Å². The summed E-state index contributed by atoms with van der Waals surface area (Å²) in [5, 5.41) is 5.20. The summed E-state index contributed by atoms with van der Waals surface area (Å²) in [6.45, 7) is 6.72. The van der Waals surface area contributed by atoms with Gasteiger partial charge in [0.15, 0.2) is 5.82 Å². The van der Waals surface area contributed by atoms with Crippen LogP contribution in [0.4, 0.5) is 0 Å². The maximum Gasteiger partial charge on any atom is 0.282 e. The zero-order chi connectivity index (χ0) is 28.3. The molecule has 2 heterocycles. The molecule has 6 heteroatoms. The van der Waals surface area contributed by atoms with Crippen molar-refractivity contribution in [3.05, 3.63) is 148 Å². The lowest BCUT2D eigenvalue weighted by Crippen LogP contribution is -2.20. The first-order valence-electron chi connectivity index (χ1n) is 13.6. The predicted molar refractivity (Wildman–Crippen MR) is 165 cm³/mol. The summed E-state index contributed by atoms with van der Waals surface area (Å²) < 4.78 is 9.58. The maximum absolute atomic E-state index is 13.5. The number of ether oxygens (including phenoxy) is 1. The van der Waals surface area contributed by atoms with Crippen LogP contribution in [0.15, 0.2) is 119 Å². The molecule has 0 spiro atoms. The van der Waals surface area contributed by atoms with Gasteiger partial charge in [0.1, 0.15) is 12.4 Å². The molecule has 0 bridgehead atoms. The fourth-order valence-corrected chi connectivity index (χ4v) is 5.10. The lowest BCUT2D eigenvalue weighted by molar-refractivity contribution is 0.306. The minimum Gasteiger partial charge on any atom is -0.489 e. The van der Waals surface area contributed by atoms with Crippen LogP contribution in [0, 0.1) is 20.8 Å². The van der Waals surface area contributed by atoms with Gasteiger partial charge in [-0.2, -0.15) is 9.78 Å². The highest BCUT2D eigenvalue weighted by atomic mass is 16.5. The summed E-state index contributed by atoms with van der Waals surface area (Å²) >= 11 is 0. The van der Waals surface area contributed by atoms with Crippen molar-refractivity contribution in [1.29, 1.82) is 0 Å². The van der Waals surface area contributed by atoms with Gasteiger partial charge in [0.25, 0.3) is 5.56 Å². The van der Waals surface area contributed by atoms with Crippen LogP contribution in [0.3, 0.4) is 0 Å². The van der Waals surface area contributed by atoms with E-state index in [0.29, 0.717) is 23.3 Å². The van der Waals surface area contributed by atoms with Crippen LogP contribution in [-0.4, -0.2) is 20.4 Å². The average Bonchev–Trinajstić information content (AvgIpc) is 3.28. The molecule has 0 saturated heterocycles. The molecule has 6 aromatic rings. The second-order valence-corrected chi connectivity index (χ2v) is 10.1. The Morgan fingerprint density at radius 3 is 2.37 bits per heavy atom. The van der Waals surface area contributed by atoms with E-state index in [1.807, 2.05) is 66.7 Å². The number of benzene rings is 4. The fourth-order valence-electron chi connectivity index (χ4n) is 5.10. The topological polar surface area (TPSA) is 61.4 Å². The van der Waals surface area contributed by atoms with Crippen molar-refractivity contribution >= 4 is 17.1 Å². The van der Waals surface area contributed by atoms with Gasteiger partial charge in [-0.1, -0.05) is 72.3 Å². The summed E-state index contributed by atoms with van der Waals surface area (Å²) in [4.78, 5) is 18.3. The third kappa shape index (κ3) is 5.32. The third-order valence-electron chi connectivity index (χ3n) is 7.15. The second kappa shape index (κ2) is 11.1. The number of aryl methyl sites for hydroxylation is 2. The van der Waals surface area contributed by atoms with Crippen LogP contribution in [0.25, 0.3) is 28.0 Å². The average molecular weight is 539 g/mol. The van der Waals surface area contributed by atoms with E-state index in [1.54, 1.807) is 12.3 Å². The second-order valence-electron chi connectivity index (χ2n) is 10.1. The van der Waals surface area contributed by atoms with Crippen LogP contribution in [-0.2, 0) is 6.61 Å². The number of fused-ring (bicyclic) bond motifs is 1. The molecule has 6 nitrogen and oxygen atoms in total. The smallest absolute Gasteiger partial charge is 0.282 e. The first-order chi connectivity index (χ1) is 20.0. The number of aromatic nitrogens is 3. The van der Waals surface area contributed by atoms with Gasteiger partial charge >= 0.3 is 0 Å². The van der Waals surface area contributed by atoms with Crippen LogP contribution in [0.2, 0.25) is 0 Å². The van der Waals surface area contributed by atoms with Crippen molar-refractivity contribution in [2.75, 3.05) is 0 Å². The Morgan fingerprint density at radius 2 is 1.59 bits per heavy atom. The van der Waals surface area contributed by atoms with Crippen molar-refractivity contribution in [3.8, 4) is 22.8 Å². The Labute approximate surface area is 238 Å². The monoisotopic (exact) mass is 538 g/mol. The van der Waals surface area contributed by atoms with Gasteiger partial charge in [0, 0.05) is 28.2 Å². The molecule has 0 unspecified atom stereocenters. The lowest BCUT2D eigenvalue weighted by Gasteiger charge is -2.12. The highest BCUT2D eigenvalue weighted by Gasteiger charge is 2.14. The highest BCUT2D eigenvalue weighted by molar-refractivity contribution is 5.83. The molecule has 202 valence electrons. The van der Waals surface area contributed by atoms with Gasteiger partial charge in [-0.15, -0.1) is 0 Å². The minimum atomic E-state index is -0.208. The molecular formula is C35H30N4O2. The van der Waals surface area contributed by atoms with Gasteiger partial charge in [-0.05, 0) is 68.8 Å². The molecular weight excluding hydrogens is 508 g/mol. The van der Waals surface area contributed by atoms with Crippen molar-refractivity contribution in [2.45, 2.75) is 27.4 Å². The van der Waals surface area contributed by atoms with E-state index in [2.05, 4.69) is 66.8 Å². The van der Waals surface area contributed by atoms with Crippen molar-refractivity contribution < 1.29 is 4.74 Å². The Balaban J connectivity index is 1.30. The standard InChI is InChI=1S/C35H30N4O2/c1-24-10-9-11-27(20-24)23-41-31-18-16-30(17-19-31)38-25(2)21-29(26(38)3)22-36-39-34(28-12-5-4-6-13-28)37-33-15-8-7-14-32(33)35(39)40/h4-22H,23H2,1-3H3. The summed E-state index contributed by atoms with van der Waals surface area (Å²) in [6.07, 6.45) is 1.74. The molecule has 0 aliphatic carbocycles. The third-order valence-corrected chi connectivity index (χ3v) is 7.15. The van der Waals surface area contributed by atoms with Crippen LogP contribution < -0.4 is 10.3 Å². The molecule has 0 saturated carbocycles. The minimum absolute atomic E-state index is 0.208. The summed E-state index contributed by atoms with van der Waals surface area (Å²) in [5.41, 5.74) is 7.64. The van der Waals surface area contributed by atoms with Gasteiger partial charge in [0.2, 0.25) is 0 Å². The van der Waals surface area contributed by atoms with E-state index in [-0.39, 0.29) is 5.56 Å². The summed E-state index contributed by atoms with van der Waals surface area (Å²) in [7, 11) is 0. The van der Waals surface area contributed by atoms with Gasteiger partial charge in [-0.25, -0.2) is 4.98 Å². The molecule has 0 N–H and O–H groups in total. The molecule has 6 rings (SSSR count). The Kier molecular flexibility index (Phi) is 7.04. The van der Waals surface area contributed by atoms with Crippen molar-refractivity contribution in [1.82, 2.24) is 14.2 Å². The van der Waals surface area contributed by atoms with E-state index in [9.17, 15) is 4.79 Å². The maximum atomic E-state index is 13.5. The number of rotatable bonds is 7. The molecule has 0 atom stereocenters. The van der Waals surface area contributed by atoms with Gasteiger partial charge in [0.05, 0.1) is 17.1 Å². The number of hydrogen-bond donors (Lipinski definition) is 0. The van der Waals surface area contributed by atoms with E-state index in [4.69, 9.17) is 9.72 Å². The van der Waals surface area contributed by atoms with Gasteiger partial charge < -0.3 is 9.30 Å². The van der Waals surface area contributed by atoms with E-state index in [0.717, 1.165) is 39.5 Å². The number of hydrogen-bond acceptors (Lipinski definition) is 4. The number of nitrogens with zero attached hydrogens (tertiary/aromatic N) is 4. The fraction of sp³-hybridized carbons (Fsp3) is 0.114. The summed E-state index contributed by atoms with van der Waals surface area (Å²) in [6, 6.07) is 35.5. The normalized spacial score (nSPS) is 11.4. The SMILES string of the molecule is Cc1cccc(COc2ccc(-n3c(C)cc(C=Nn4c(-c5ccccc5)nc5ccccc5c4=O)c3C)cc2)c1. The van der Waals surface area contributed by atoms with Crippen LogP contribution >= 0.6 is 0 Å². The zero-order valence-electron chi connectivity index (χ0n) is 23.3. The van der Waals surface area contributed by atoms with Crippen molar-refractivity contribution in [3.63, 3.8) is 0 Å². The first kappa shape index (κ1) is 26.0. The zero-order valence-corrected chi connectivity index (χ0v) is 23.3. The molecule has 4 aromatic carbocycles. The first-order valence-corrected chi connectivity index (χ1v) is 13.6. The van der Waals surface area contributed by atoms with E-state index < -0.39 is 0 Å². The van der Waals surface area contributed by atoms with Crippen molar-refractivity contribution in [2.24, 2.45) is 5.10 Å². The molecule has 2 aromatic heterocycles. The number of para-hydroxylation sites is 1. The molecule has 0 fully saturated rings. The lowest BCUT2D eigenvalue weighted by atomic mass is 10.1. The quantitative estimate of drug-likeness (QED) is 0.201. The molecule has 0 radical (unpaired) electrons. The molecule has 0 aliphatic rings. The Morgan fingerprint density at radius 1 is 0.829 bits per heavy atom. The molecule has 0 amide bonds.